The Bertz CT molecular complexity index is 769. The van der Waals surface area contributed by atoms with Gasteiger partial charge in [0.25, 0.3) is 5.91 Å². The molecule has 1 amide bonds. The summed E-state index contributed by atoms with van der Waals surface area (Å²) < 4.78 is 18.6. The lowest BCUT2D eigenvalue weighted by Crippen LogP contribution is -2.30. The molecule has 0 saturated heterocycles. The fourth-order valence-electron chi connectivity index (χ4n) is 2.13. The van der Waals surface area contributed by atoms with Crippen LogP contribution in [0, 0.1) is 5.82 Å². The number of carboxylic acid groups (broad SMARTS) is 1. The molecule has 0 heterocycles. The number of ether oxygens (including phenoxy) is 1. The predicted molar refractivity (Wildman–Crippen MR) is 100.0 cm³/mol. The number of halogens is 1. The van der Waals surface area contributed by atoms with Gasteiger partial charge in [0.2, 0.25) is 0 Å². The molecule has 0 aliphatic carbocycles. The maximum Gasteiger partial charge on any atom is 0.304 e. The number of hydrogen-bond acceptors (Lipinski definition) is 4. The molecule has 0 aliphatic rings. The van der Waals surface area contributed by atoms with Gasteiger partial charge in [-0.05, 0) is 36.8 Å². The quantitative estimate of drug-likeness (QED) is 0.648. The molecule has 7 heteroatoms. The highest BCUT2D eigenvalue weighted by Gasteiger charge is 2.15. The highest BCUT2D eigenvalue weighted by atomic mass is 32.2. The van der Waals surface area contributed by atoms with E-state index >= 15 is 0 Å². The number of anilines is 1. The first kappa shape index (κ1) is 19.8. The van der Waals surface area contributed by atoms with Crippen LogP contribution in [0.2, 0.25) is 0 Å². The monoisotopic (exact) mass is 377 g/mol. The van der Waals surface area contributed by atoms with Crippen LogP contribution < -0.4 is 10.1 Å². The molecule has 0 bridgehead atoms. The SMILES string of the molecule is CC(Oc1cccc(F)c1)C(=O)Nc1cccc(CSCCC(=O)O)c1. The van der Waals surface area contributed by atoms with Gasteiger partial charge in [0.05, 0.1) is 6.42 Å². The molecule has 26 heavy (non-hydrogen) atoms. The van der Waals surface area contributed by atoms with Crippen LogP contribution in [0.25, 0.3) is 0 Å². The van der Waals surface area contributed by atoms with E-state index in [2.05, 4.69) is 5.32 Å². The topological polar surface area (TPSA) is 75.6 Å². The van der Waals surface area contributed by atoms with E-state index in [-0.39, 0.29) is 18.1 Å². The van der Waals surface area contributed by atoms with Crippen molar-refractivity contribution in [1.29, 1.82) is 0 Å². The number of aliphatic carboxylic acids is 1. The van der Waals surface area contributed by atoms with Gasteiger partial charge in [-0.1, -0.05) is 18.2 Å². The normalized spacial score (nSPS) is 11.6. The molecule has 0 spiro atoms. The van der Waals surface area contributed by atoms with Crippen molar-refractivity contribution in [2.24, 2.45) is 0 Å². The number of benzene rings is 2. The van der Waals surface area contributed by atoms with Crippen molar-refractivity contribution < 1.29 is 23.8 Å². The molecule has 0 fully saturated rings. The minimum Gasteiger partial charge on any atom is -0.481 e. The number of carbonyl (C=O) groups is 2. The number of hydrogen-bond donors (Lipinski definition) is 2. The van der Waals surface area contributed by atoms with Crippen LogP contribution >= 0.6 is 11.8 Å². The lowest BCUT2D eigenvalue weighted by Gasteiger charge is -2.15. The molecular weight excluding hydrogens is 357 g/mol. The number of amides is 1. The lowest BCUT2D eigenvalue weighted by molar-refractivity contribution is -0.136. The Balaban J connectivity index is 1.87. The summed E-state index contributed by atoms with van der Waals surface area (Å²) in [5.74, 6) is -0.105. The third-order valence-corrected chi connectivity index (χ3v) is 4.43. The molecule has 2 N–H and O–H groups in total. The van der Waals surface area contributed by atoms with Crippen molar-refractivity contribution in [2.75, 3.05) is 11.1 Å². The van der Waals surface area contributed by atoms with E-state index in [1.165, 1.54) is 30.0 Å². The van der Waals surface area contributed by atoms with Crippen LogP contribution in [0.4, 0.5) is 10.1 Å². The average Bonchev–Trinajstić information content (AvgIpc) is 2.59. The van der Waals surface area contributed by atoms with Crippen LogP contribution in [-0.2, 0) is 15.3 Å². The van der Waals surface area contributed by atoms with Crippen LogP contribution in [-0.4, -0.2) is 28.8 Å². The Hall–Kier alpha value is -2.54. The fourth-order valence-corrected chi connectivity index (χ4v) is 3.01. The van der Waals surface area contributed by atoms with E-state index in [4.69, 9.17) is 9.84 Å². The minimum absolute atomic E-state index is 0.121. The van der Waals surface area contributed by atoms with Gasteiger partial charge < -0.3 is 15.2 Å². The molecule has 2 rings (SSSR count). The third kappa shape index (κ3) is 6.76. The van der Waals surface area contributed by atoms with Gasteiger partial charge in [0, 0.05) is 23.3 Å². The molecule has 1 atom stereocenters. The Morgan fingerprint density at radius 1 is 1.23 bits per heavy atom. The summed E-state index contributed by atoms with van der Waals surface area (Å²) in [6, 6.07) is 13.0. The molecule has 1 unspecified atom stereocenters. The van der Waals surface area contributed by atoms with Gasteiger partial charge in [0.1, 0.15) is 11.6 Å². The van der Waals surface area contributed by atoms with Crippen LogP contribution in [0.3, 0.4) is 0 Å². The van der Waals surface area contributed by atoms with Gasteiger partial charge in [-0.25, -0.2) is 4.39 Å². The Morgan fingerprint density at radius 2 is 2.00 bits per heavy atom. The lowest BCUT2D eigenvalue weighted by atomic mass is 10.2. The summed E-state index contributed by atoms with van der Waals surface area (Å²) in [5, 5.41) is 11.4. The van der Waals surface area contributed by atoms with E-state index in [0.717, 1.165) is 5.56 Å². The van der Waals surface area contributed by atoms with Crippen LogP contribution in [0.5, 0.6) is 5.75 Å². The second kappa shape index (κ2) is 9.82. The molecule has 0 radical (unpaired) electrons. The van der Waals surface area contributed by atoms with Gasteiger partial charge >= 0.3 is 5.97 Å². The zero-order valence-corrected chi connectivity index (χ0v) is 15.1. The van der Waals surface area contributed by atoms with E-state index in [0.29, 0.717) is 17.2 Å². The first-order valence-electron chi connectivity index (χ1n) is 8.05. The number of carboxylic acids is 1. The largest absolute Gasteiger partial charge is 0.481 e. The Morgan fingerprint density at radius 3 is 2.73 bits per heavy atom. The molecular formula is C19H20FNO4S. The molecule has 138 valence electrons. The van der Waals surface area contributed by atoms with Crippen molar-refractivity contribution in [3.63, 3.8) is 0 Å². The van der Waals surface area contributed by atoms with Crippen molar-refractivity contribution in [1.82, 2.24) is 0 Å². The smallest absolute Gasteiger partial charge is 0.304 e. The average molecular weight is 377 g/mol. The fraction of sp³-hybridized carbons (Fsp3) is 0.263. The number of rotatable bonds is 9. The molecule has 0 saturated carbocycles. The van der Waals surface area contributed by atoms with Gasteiger partial charge in [-0.2, -0.15) is 11.8 Å². The van der Waals surface area contributed by atoms with Crippen LogP contribution in [0.15, 0.2) is 48.5 Å². The van der Waals surface area contributed by atoms with Gasteiger partial charge in [-0.3, -0.25) is 9.59 Å². The summed E-state index contributed by atoms with van der Waals surface area (Å²) in [6.07, 6.45) is -0.666. The second-order valence-electron chi connectivity index (χ2n) is 5.60. The van der Waals surface area contributed by atoms with Gasteiger partial charge in [0.15, 0.2) is 6.10 Å². The van der Waals surface area contributed by atoms with E-state index in [9.17, 15) is 14.0 Å². The number of thioether (sulfide) groups is 1. The maximum atomic E-state index is 13.2. The number of nitrogens with one attached hydrogen (secondary N) is 1. The Kier molecular flexibility index (Phi) is 7.47. The first-order chi connectivity index (χ1) is 12.4. The minimum atomic E-state index is -0.814. The zero-order chi connectivity index (χ0) is 18.9. The first-order valence-corrected chi connectivity index (χ1v) is 9.21. The number of carbonyl (C=O) groups excluding carboxylic acids is 1. The Labute approximate surface area is 155 Å². The van der Waals surface area contributed by atoms with Crippen molar-refractivity contribution in [2.45, 2.75) is 25.2 Å². The van der Waals surface area contributed by atoms with E-state index in [1.54, 1.807) is 19.1 Å². The summed E-state index contributed by atoms with van der Waals surface area (Å²) in [6.45, 7) is 1.59. The van der Waals surface area contributed by atoms with Crippen molar-refractivity contribution >= 4 is 29.3 Å². The molecule has 2 aromatic rings. The van der Waals surface area contributed by atoms with Crippen molar-refractivity contribution in [3.05, 3.63) is 59.9 Å². The summed E-state index contributed by atoms with van der Waals surface area (Å²) >= 11 is 1.52. The predicted octanol–water partition coefficient (Wildman–Crippen LogP) is 3.94. The molecule has 0 aromatic heterocycles. The van der Waals surface area contributed by atoms with E-state index in [1.807, 2.05) is 18.2 Å². The maximum absolute atomic E-state index is 13.2. The standard InChI is InChI=1S/C19H20FNO4S/c1-13(25-17-7-3-5-15(20)11-17)19(24)21-16-6-2-4-14(10-16)12-26-9-8-18(22)23/h2-7,10-11,13H,8-9,12H2,1H3,(H,21,24)(H,22,23). The van der Waals surface area contributed by atoms with Crippen LogP contribution in [0.1, 0.15) is 18.9 Å². The molecule has 0 aliphatic heterocycles. The van der Waals surface area contributed by atoms with Crippen molar-refractivity contribution in [3.8, 4) is 5.75 Å². The highest BCUT2D eigenvalue weighted by molar-refractivity contribution is 7.98. The summed E-state index contributed by atoms with van der Waals surface area (Å²) in [7, 11) is 0. The highest BCUT2D eigenvalue weighted by Crippen LogP contribution is 2.18. The third-order valence-electron chi connectivity index (χ3n) is 3.40. The molecule has 5 nitrogen and oxygen atoms in total. The molecule has 2 aromatic carbocycles. The summed E-state index contributed by atoms with van der Waals surface area (Å²) in [4.78, 5) is 22.8. The second-order valence-corrected chi connectivity index (χ2v) is 6.71. The zero-order valence-electron chi connectivity index (χ0n) is 14.3. The summed E-state index contributed by atoms with van der Waals surface area (Å²) in [5.41, 5.74) is 1.61. The van der Waals surface area contributed by atoms with E-state index < -0.39 is 17.9 Å². The van der Waals surface area contributed by atoms with Gasteiger partial charge in [-0.15, -0.1) is 0 Å².